The minimum absolute atomic E-state index is 0.0327. The first-order chi connectivity index (χ1) is 12.1. The summed E-state index contributed by atoms with van der Waals surface area (Å²) in [7, 11) is 0. The van der Waals surface area contributed by atoms with Crippen LogP contribution < -0.4 is 11.1 Å². The highest BCUT2D eigenvalue weighted by Crippen LogP contribution is 2.27. The largest absolute Gasteiger partial charge is 0.381 e. The molecule has 2 aliphatic heterocycles. The number of nitrogens with one attached hydrogen (secondary N) is 1. The summed E-state index contributed by atoms with van der Waals surface area (Å²) in [5.74, 6) is 2.77. The number of rotatable bonds is 4. The molecule has 6 nitrogen and oxygen atoms in total. The Morgan fingerprint density at radius 1 is 1.04 bits per heavy atom. The van der Waals surface area contributed by atoms with Gasteiger partial charge in [0, 0.05) is 49.8 Å². The maximum atomic E-state index is 12.6. The summed E-state index contributed by atoms with van der Waals surface area (Å²) in [4.78, 5) is 27.0. The molecule has 3 fully saturated rings. The third-order valence-corrected chi connectivity index (χ3v) is 6.76. The van der Waals surface area contributed by atoms with Gasteiger partial charge in [-0.1, -0.05) is 0 Å². The number of hydrogen-bond acceptors (Lipinski definition) is 5. The van der Waals surface area contributed by atoms with Crippen LogP contribution in [-0.4, -0.2) is 66.6 Å². The Labute approximate surface area is 154 Å². The normalized spacial score (nSPS) is 29.9. The second-order valence-corrected chi connectivity index (χ2v) is 8.70. The molecule has 0 aromatic carbocycles. The Morgan fingerprint density at radius 2 is 1.68 bits per heavy atom. The van der Waals surface area contributed by atoms with Gasteiger partial charge in [0.25, 0.3) is 0 Å². The SMILES string of the molecule is NC(C(=O)NC1CCC(C(=O)N2CCSCC2)CC1)C1CCOCC1. The third-order valence-electron chi connectivity index (χ3n) is 5.82. The quantitative estimate of drug-likeness (QED) is 0.772. The van der Waals surface area contributed by atoms with Gasteiger partial charge in [-0.15, -0.1) is 0 Å². The molecule has 3 aliphatic rings. The van der Waals surface area contributed by atoms with Gasteiger partial charge in [-0.3, -0.25) is 9.59 Å². The zero-order valence-corrected chi connectivity index (χ0v) is 15.8. The molecule has 0 bridgehead atoms. The Morgan fingerprint density at radius 3 is 2.32 bits per heavy atom. The average molecular weight is 370 g/mol. The van der Waals surface area contributed by atoms with Gasteiger partial charge in [-0.25, -0.2) is 0 Å². The van der Waals surface area contributed by atoms with Gasteiger partial charge in [0.15, 0.2) is 0 Å². The van der Waals surface area contributed by atoms with E-state index < -0.39 is 6.04 Å². The van der Waals surface area contributed by atoms with E-state index in [9.17, 15) is 9.59 Å². The van der Waals surface area contributed by atoms with Crippen LogP contribution in [0.2, 0.25) is 0 Å². The second kappa shape index (κ2) is 9.24. The molecule has 2 amide bonds. The molecule has 0 spiro atoms. The lowest BCUT2D eigenvalue weighted by Gasteiger charge is -2.34. The lowest BCUT2D eigenvalue weighted by molar-refractivity contribution is -0.136. The number of amides is 2. The van der Waals surface area contributed by atoms with E-state index in [1.807, 2.05) is 16.7 Å². The lowest BCUT2D eigenvalue weighted by Crippen LogP contribution is -2.51. The van der Waals surface area contributed by atoms with Crippen LogP contribution in [0.15, 0.2) is 0 Å². The van der Waals surface area contributed by atoms with Crippen LogP contribution in [0.3, 0.4) is 0 Å². The van der Waals surface area contributed by atoms with Crippen LogP contribution in [0.4, 0.5) is 0 Å². The minimum atomic E-state index is -0.436. The van der Waals surface area contributed by atoms with Gasteiger partial charge in [0.05, 0.1) is 6.04 Å². The van der Waals surface area contributed by atoms with Crippen LogP contribution in [0.5, 0.6) is 0 Å². The number of nitrogens with two attached hydrogens (primary N) is 1. The molecule has 0 aromatic heterocycles. The lowest BCUT2D eigenvalue weighted by atomic mass is 9.84. The molecule has 1 saturated carbocycles. The van der Waals surface area contributed by atoms with Crippen LogP contribution in [0.1, 0.15) is 38.5 Å². The summed E-state index contributed by atoms with van der Waals surface area (Å²) >= 11 is 1.92. The number of ether oxygens (including phenoxy) is 1. The average Bonchev–Trinajstić information content (AvgIpc) is 2.68. The number of thioether (sulfide) groups is 1. The molecule has 142 valence electrons. The fraction of sp³-hybridized carbons (Fsp3) is 0.889. The molecule has 3 rings (SSSR count). The molecule has 0 radical (unpaired) electrons. The Kier molecular flexibility index (Phi) is 7.01. The maximum Gasteiger partial charge on any atom is 0.237 e. The van der Waals surface area contributed by atoms with Gasteiger partial charge >= 0.3 is 0 Å². The molecular formula is C18H31N3O3S. The number of nitrogens with zero attached hydrogens (tertiary/aromatic N) is 1. The minimum Gasteiger partial charge on any atom is -0.381 e. The van der Waals surface area contributed by atoms with E-state index in [1.165, 1.54) is 0 Å². The van der Waals surface area contributed by atoms with Crippen molar-refractivity contribution < 1.29 is 14.3 Å². The first kappa shape index (κ1) is 19.0. The van der Waals surface area contributed by atoms with E-state index in [0.29, 0.717) is 19.1 Å². The summed E-state index contributed by atoms with van der Waals surface area (Å²) in [6.07, 6.45) is 5.24. The first-order valence-electron chi connectivity index (χ1n) is 9.65. The van der Waals surface area contributed by atoms with E-state index >= 15 is 0 Å². The van der Waals surface area contributed by atoms with Crippen molar-refractivity contribution in [2.24, 2.45) is 17.6 Å². The topological polar surface area (TPSA) is 84.7 Å². The summed E-state index contributed by atoms with van der Waals surface area (Å²) in [5, 5.41) is 3.12. The monoisotopic (exact) mass is 369 g/mol. The highest BCUT2D eigenvalue weighted by molar-refractivity contribution is 7.99. The van der Waals surface area contributed by atoms with Gasteiger partial charge < -0.3 is 20.7 Å². The molecule has 0 aromatic rings. The molecule has 25 heavy (non-hydrogen) atoms. The van der Waals surface area contributed by atoms with E-state index in [0.717, 1.165) is 63.1 Å². The van der Waals surface area contributed by atoms with Crippen LogP contribution >= 0.6 is 11.8 Å². The standard InChI is InChI=1S/C18H31N3O3S/c19-16(13-5-9-24-10-6-13)17(22)20-15-3-1-14(2-4-15)18(23)21-7-11-25-12-8-21/h13-16H,1-12,19H2,(H,20,22). The van der Waals surface area contributed by atoms with Crippen molar-refractivity contribution in [1.82, 2.24) is 10.2 Å². The van der Waals surface area contributed by atoms with Crippen LogP contribution in [0, 0.1) is 11.8 Å². The summed E-state index contributed by atoms with van der Waals surface area (Å²) in [6.45, 7) is 3.18. The Bertz CT molecular complexity index is 456. The zero-order chi connectivity index (χ0) is 17.6. The van der Waals surface area contributed by atoms with E-state index in [2.05, 4.69) is 5.32 Å². The predicted octanol–water partition coefficient (Wildman–Crippen LogP) is 0.991. The van der Waals surface area contributed by atoms with Crippen LogP contribution in [-0.2, 0) is 14.3 Å². The van der Waals surface area contributed by atoms with Crippen molar-refractivity contribution in [1.29, 1.82) is 0 Å². The van der Waals surface area contributed by atoms with E-state index in [4.69, 9.17) is 10.5 Å². The van der Waals surface area contributed by atoms with E-state index in [1.54, 1.807) is 0 Å². The third kappa shape index (κ3) is 5.11. The summed E-state index contributed by atoms with van der Waals surface area (Å²) in [6, 6.07) is -0.270. The summed E-state index contributed by atoms with van der Waals surface area (Å²) in [5.41, 5.74) is 6.15. The second-order valence-electron chi connectivity index (χ2n) is 7.47. The maximum absolute atomic E-state index is 12.6. The van der Waals surface area contributed by atoms with Crippen LogP contribution in [0.25, 0.3) is 0 Å². The van der Waals surface area contributed by atoms with E-state index in [-0.39, 0.29) is 23.8 Å². The number of carbonyl (C=O) groups is 2. The fourth-order valence-corrected chi connectivity index (χ4v) is 5.02. The predicted molar refractivity (Wildman–Crippen MR) is 99.3 cm³/mol. The summed E-state index contributed by atoms with van der Waals surface area (Å²) < 4.78 is 5.34. The first-order valence-corrected chi connectivity index (χ1v) is 10.8. The van der Waals surface area contributed by atoms with Gasteiger partial charge in [0.2, 0.25) is 11.8 Å². The van der Waals surface area contributed by atoms with Crippen molar-refractivity contribution in [2.75, 3.05) is 37.8 Å². The highest BCUT2D eigenvalue weighted by Gasteiger charge is 2.32. The van der Waals surface area contributed by atoms with Crippen molar-refractivity contribution in [3.8, 4) is 0 Å². The molecule has 1 aliphatic carbocycles. The zero-order valence-electron chi connectivity index (χ0n) is 15.0. The van der Waals surface area contributed by atoms with Crippen molar-refractivity contribution in [3.63, 3.8) is 0 Å². The Balaban J connectivity index is 1.41. The van der Waals surface area contributed by atoms with Gasteiger partial charge in [-0.2, -0.15) is 11.8 Å². The molecule has 7 heteroatoms. The van der Waals surface area contributed by atoms with Crippen molar-refractivity contribution in [3.05, 3.63) is 0 Å². The molecule has 1 atom stereocenters. The Hall–Kier alpha value is -0.790. The van der Waals surface area contributed by atoms with Crippen molar-refractivity contribution in [2.45, 2.75) is 50.6 Å². The fourth-order valence-electron chi connectivity index (χ4n) is 4.11. The van der Waals surface area contributed by atoms with Gasteiger partial charge in [0.1, 0.15) is 0 Å². The van der Waals surface area contributed by atoms with Crippen molar-refractivity contribution >= 4 is 23.6 Å². The molecule has 1 unspecified atom stereocenters. The van der Waals surface area contributed by atoms with Gasteiger partial charge in [-0.05, 0) is 44.4 Å². The molecule has 2 heterocycles. The number of carbonyl (C=O) groups excluding carboxylic acids is 2. The molecular weight excluding hydrogens is 338 g/mol. The highest BCUT2D eigenvalue weighted by atomic mass is 32.2. The number of hydrogen-bond donors (Lipinski definition) is 2. The molecule has 2 saturated heterocycles. The smallest absolute Gasteiger partial charge is 0.237 e. The molecule has 3 N–H and O–H groups in total.